The van der Waals surface area contributed by atoms with E-state index < -0.39 is 5.97 Å². The average molecular weight is 333 g/mol. The summed E-state index contributed by atoms with van der Waals surface area (Å²) in [6, 6.07) is 18.4. The maximum atomic E-state index is 12.1. The molecule has 0 saturated heterocycles. The van der Waals surface area contributed by atoms with Gasteiger partial charge in [0.05, 0.1) is 18.4 Å². The lowest BCUT2D eigenvalue weighted by Crippen LogP contribution is -2.11. The molecule has 0 aliphatic rings. The van der Waals surface area contributed by atoms with Gasteiger partial charge in [-0.2, -0.15) is 5.26 Å². The normalized spacial score (nSPS) is 10.1. The van der Waals surface area contributed by atoms with Gasteiger partial charge in [-0.1, -0.05) is 24.3 Å². The molecule has 6 heteroatoms. The van der Waals surface area contributed by atoms with Gasteiger partial charge < -0.3 is 19.8 Å². The fourth-order valence-electron chi connectivity index (χ4n) is 2.44. The average Bonchev–Trinajstić information content (AvgIpc) is 2.98. The minimum atomic E-state index is -0.617. The van der Waals surface area contributed by atoms with Crippen molar-refractivity contribution in [1.82, 2.24) is 4.57 Å². The molecule has 0 bridgehead atoms. The molecule has 0 atom stereocenters. The summed E-state index contributed by atoms with van der Waals surface area (Å²) in [5.41, 5.74) is 6.94. The van der Waals surface area contributed by atoms with Gasteiger partial charge >= 0.3 is 5.97 Å². The molecule has 0 radical (unpaired) electrons. The number of aromatic nitrogens is 1. The van der Waals surface area contributed by atoms with E-state index >= 15 is 0 Å². The summed E-state index contributed by atoms with van der Waals surface area (Å²) in [5.74, 6) is 0.663. The van der Waals surface area contributed by atoms with E-state index in [0.717, 1.165) is 0 Å². The summed E-state index contributed by atoms with van der Waals surface area (Å²) in [6.45, 7) is 0. The predicted molar refractivity (Wildman–Crippen MR) is 92.8 cm³/mol. The number of carbonyl (C=O) groups excluding carboxylic acids is 1. The fourth-order valence-corrected chi connectivity index (χ4v) is 2.44. The lowest BCUT2D eigenvalue weighted by atomic mass is 10.2. The van der Waals surface area contributed by atoms with Crippen molar-refractivity contribution in [2.24, 2.45) is 0 Å². The number of hydrogen-bond donors (Lipinski definition) is 1. The van der Waals surface area contributed by atoms with Crippen LogP contribution in [0.1, 0.15) is 16.1 Å². The van der Waals surface area contributed by atoms with Crippen molar-refractivity contribution < 1.29 is 14.3 Å². The van der Waals surface area contributed by atoms with Crippen LogP contribution in [0, 0.1) is 11.3 Å². The van der Waals surface area contributed by atoms with E-state index in [0.29, 0.717) is 17.2 Å². The van der Waals surface area contributed by atoms with Gasteiger partial charge in [-0.15, -0.1) is 0 Å². The number of nitrogen functional groups attached to an aromatic ring is 1. The Kier molecular flexibility index (Phi) is 4.40. The lowest BCUT2D eigenvalue weighted by molar-refractivity contribution is 0.0593. The smallest absolute Gasteiger partial charge is 0.357 e. The van der Waals surface area contributed by atoms with Crippen molar-refractivity contribution in [3.05, 3.63) is 72.1 Å². The Morgan fingerprint density at radius 2 is 1.84 bits per heavy atom. The van der Waals surface area contributed by atoms with E-state index in [1.54, 1.807) is 24.3 Å². The van der Waals surface area contributed by atoms with Crippen LogP contribution in [0.4, 0.5) is 5.69 Å². The molecule has 3 rings (SSSR count). The van der Waals surface area contributed by atoms with E-state index in [-0.39, 0.29) is 16.9 Å². The molecular formula is C19H15N3O3. The van der Waals surface area contributed by atoms with E-state index in [4.69, 9.17) is 15.2 Å². The van der Waals surface area contributed by atoms with Crippen molar-refractivity contribution in [3.63, 3.8) is 0 Å². The molecule has 0 aliphatic heterocycles. The third-order valence-corrected chi connectivity index (χ3v) is 3.62. The largest absolute Gasteiger partial charge is 0.464 e. The molecule has 124 valence electrons. The van der Waals surface area contributed by atoms with Gasteiger partial charge in [0, 0.05) is 18.0 Å². The Morgan fingerprint density at radius 3 is 2.52 bits per heavy atom. The highest BCUT2D eigenvalue weighted by Gasteiger charge is 2.21. The summed E-state index contributed by atoms with van der Waals surface area (Å²) in [4.78, 5) is 12.1. The highest BCUT2D eigenvalue weighted by atomic mass is 16.5. The van der Waals surface area contributed by atoms with Crippen LogP contribution in [0.5, 0.6) is 11.5 Å². The van der Waals surface area contributed by atoms with E-state index in [9.17, 15) is 10.1 Å². The summed E-state index contributed by atoms with van der Waals surface area (Å²) in [7, 11) is 1.26. The summed E-state index contributed by atoms with van der Waals surface area (Å²) in [5, 5.41) is 9.19. The second kappa shape index (κ2) is 6.81. The maximum Gasteiger partial charge on any atom is 0.357 e. The van der Waals surface area contributed by atoms with Crippen LogP contribution in [0.15, 0.2) is 60.8 Å². The monoisotopic (exact) mass is 333 g/mol. The lowest BCUT2D eigenvalue weighted by Gasteiger charge is -2.11. The Hall–Kier alpha value is -3.72. The number of nitrogens with zero attached hydrogens (tertiary/aromatic N) is 2. The first-order chi connectivity index (χ1) is 12.1. The number of esters is 1. The molecule has 0 unspecified atom stereocenters. The third kappa shape index (κ3) is 3.16. The zero-order chi connectivity index (χ0) is 17.8. The van der Waals surface area contributed by atoms with Crippen molar-refractivity contribution in [2.45, 2.75) is 0 Å². The number of nitrogens with two attached hydrogens (primary N) is 1. The van der Waals surface area contributed by atoms with E-state index in [1.165, 1.54) is 17.9 Å². The van der Waals surface area contributed by atoms with Crippen LogP contribution in [0.3, 0.4) is 0 Å². The van der Waals surface area contributed by atoms with Gasteiger partial charge in [0.15, 0.2) is 5.69 Å². The Morgan fingerprint density at radius 1 is 1.12 bits per heavy atom. The van der Waals surface area contributed by atoms with Gasteiger partial charge in [-0.25, -0.2) is 4.79 Å². The van der Waals surface area contributed by atoms with Gasteiger partial charge in [0.2, 0.25) is 0 Å². The molecule has 2 aromatic carbocycles. The van der Waals surface area contributed by atoms with Crippen LogP contribution >= 0.6 is 0 Å². The zero-order valence-corrected chi connectivity index (χ0v) is 13.5. The summed E-state index contributed by atoms with van der Waals surface area (Å²) < 4.78 is 12.1. The second-order valence-electron chi connectivity index (χ2n) is 5.19. The number of methoxy groups -OCH3 is 1. The minimum absolute atomic E-state index is 0.0868. The zero-order valence-electron chi connectivity index (χ0n) is 13.5. The van der Waals surface area contributed by atoms with Crippen LogP contribution < -0.4 is 10.5 Å². The Balaban J connectivity index is 2.04. The van der Waals surface area contributed by atoms with Crippen LogP contribution in [0.25, 0.3) is 5.69 Å². The molecule has 1 aromatic heterocycles. The highest BCUT2D eigenvalue weighted by molar-refractivity contribution is 5.95. The number of anilines is 1. The van der Waals surface area contributed by atoms with Gasteiger partial charge in [-0.05, 0) is 24.3 Å². The first kappa shape index (κ1) is 16.1. The molecule has 0 saturated carbocycles. The SMILES string of the molecule is COC(=O)c1c(N)c(C#N)cn1-c1cccc(Oc2ccccc2)c1. The number of nitriles is 1. The molecule has 0 spiro atoms. The number of benzene rings is 2. The van der Waals surface area contributed by atoms with Crippen LogP contribution in [-0.2, 0) is 4.74 Å². The van der Waals surface area contributed by atoms with Crippen molar-refractivity contribution in [2.75, 3.05) is 12.8 Å². The first-order valence-electron chi connectivity index (χ1n) is 7.46. The molecule has 25 heavy (non-hydrogen) atoms. The quantitative estimate of drug-likeness (QED) is 0.738. The molecular weight excluding hydrogens is 318 g/mol. The fraction of sp³-hybridized carbons (Fsp3) is 0.0526. The number of para-hydroxylation sites is 1. The number of rotatable bonds is 4. The van der Waals surface area contributed by atoms with Crippen LogP contribution in [-0.4, -0.2) is 17.6 Å². The van der Waals surface area contributed by atoms with Crippen molar-refractivity contribution >= 4 is 11.7 Å². The standard InChI is InChI=1S/C19H15N3O3/c1-24-19(23)18-17(21)13(11-20)12-22(18)14-6-5-9-16(10-14)25-15-7-3-2-4-8-15/h2-10,12H,21H2,1H3. The first-order valence-corrected chi connectivity index (χ1v) is 7.46. The summed E-state index contributed by atoms with van der Waals surface area (Å²) >= 11 is 0. The highest BCUT2D eigenvalue weighted by Crippen LogP contribution is 2.28. The Labute approximate surface area is 144 Å². The number of hydrogen-bond acceptors (Lipinski definition) is 5. The van der Waals surface area contributed by atoms with Crippen LogP contribution in [0.2, 0.25) is 0 Å². The number of ether oxygens (including phenoxy) is 2. The van der Waals surface area contributed by atoms with Gasteiger partial charge in [0.25, 0.3) is 0 Å². The molecule has 0 fully saturated rings. The summed E-state index contributed by atoms with van der Waals surface area (Å²) in [6.07, 6.45) is 1.50. The predicted octanol–water partition coefficient (Wildman–Crippen LogP) is 3.51. The molecule has 3 aromatic rings. The van der Waals surface area contributed by atoms with Crippen molar-refractivity contribution in [3.8, 4) is 23.3 Å². The van der Waals surface area contributed by atoms with Crippen molar-refractivity contribution in [1.29, 1.82) is 5.26 Å². The third-order valence-electron chi connectivity index (χ3n) is 3.62. The topological polar surface area (TPSA) is 90.3 Å². The number of carbonyl (C=O) groups is 1. The molecule has 6 nitrogen and oxygen atoms in total. The molecule has 2 N–H and O–H groups in total. The van der Waals surface area contributed by atoms with E-state index in [1.807, 2.05) is 36.4 Å². The molecule has 1 heterocycles. The Bertz CT molecular complexity index is 956. The van der Waals surface area contributed by atoms with E-state index in [2.05, 4.69) is 0 Å². The van der Waals surface area contributed by atoms with Gasteiger partial charge in [-0.3, -0.25) is 0 Å². The van der Waals surface area contributed by atoms with Gasteiger partial charge in [0.1, 0.15) is 17.6 Å². The second-order valence-corrected chi connectivity index (χ2v) is 5.19. The minimum Gasteiger partial charge on any atom is -0.464 e. The molecule has 0 amide bonds. The maximum absolute atomic E-state index is 12.1. The molecule has 0 aliphatic carbocycles.